The Morgan fingerprint density at radius 1 is 0.605 bits per heavy atom. The number of nitrogens with one attached hydrogen (secondary N) is 15. The number of H-pyrrole nitrogens is 1. The predicted octanol–water partition coefficient (Wildman–Crippen LogP) is -4.09. The number of alkyl carbamates (subject to hydrolysis) is 1. The number of Topliss-reactive ketones (excluding diaryl/α,β-unsaturated/α-hetero) is 1. The van der Waals surface area contributed by atoms with Crippen LogP contribution in [0.3, 0.4) is 0 Å². The van der Waals surface area contributed by atoms with Gasteiger partial charge in [-0.15, -0.1) is 11.3 Å². The summed E-state index contributed by atoms with van der Waals surface area (Å²) < 4.78 is 11.7. The molecule has 1 aliphatic heterocycles. The zero-order valence-corrected chi connectivity index (χ0v) is 69.0. The van der Waals surface area contributed by atoms with Crippen LogP contribution in [0, 0.1) is 5.92 Å². The molecule has 670 valence electrons. The molecule has 1 saturated heterocycles. The van der Waals surface area contributed by atoms with Crippen LogP contribution in [0.25, 0.3) is 21.0 Å². The molecule has 124 heavy (non-hydrogen) atoms. The van der Waals surface area contributed by atoms with Crippen molar-refractivity contribution in [2.75, 3.05) is 32.0 Å². The number of nitrogen functional groups attached to an aromatic ring is 1. The fourth-order valence-electron chi connectivity index (χ4n) is 12.3. The normalized spacial score (nSPS) is 20.6. The highest BCUT2D eigenvalue weighted by Gasteiger charge is 2.41. The van der Waals surface area contributed by atoms with Crippen molar-refractivity contribution in [2.45, 2.75) is 184 Å². The molecule has 0 bridgehead atoms. The zero-order valence-electron chi connectivity index (χ0n) is 67.5. The van der Waals surface area contributed by atoms with E-state index in [2.05, 4.69) is 63.5 Å². The van der Waals surface area contributed by atoms with Gasteiger partial charge in [-0.3, -0.25) is 91.1 Å². The van der Waals surface area contributed by atoms with Gasteiger partial charge in [0.1, 0.15) is 78.2 Å². The number of hydrogen-bond donors (Lipinski definition) is 22. The summed E-state index contributed by atoms with van der Waals surface area (Å²) in [5.74, 6) is -30.7. The molecule has 13 unspecified atom stereocenters. The Kier molecular flexibility index (Phi) is 36.8. The summed E-state index contributed by atoms with van der Waals surface area (Å²) in [6, 6.07) is -6.41. The molecule has 47 heteroatoms. The number of para-hydroxylation sites is 2. The maximum Gasteiger partial charge on any atom is 0.407 e. The van der Waals surface area contributed by atoms with E-state index in [-0.39, 0.29) is 37.1 Å². The van der Waals surface area contributed by atoms with Gasteiger partial charge in [-0.05, 0) is 112 Å². The van der Waals surface area contributed by atoms with E-state index >= 15 is 0 Å². The number of fused-ring (bicyclic) bond motifs is 2. The number of nitrogens with two attached hydrogens (primary N) is 2. The summed E-state index contributed by atoms with van der Waals surface area (Å²) in [6.45, 7) is 3.32. The molecule has 3 heterocycles. The summed E-state index contributed by atoms with van der Waals surface area (Å²) in [6.07, 6.45) is -10.3. The van der Waals surface area contributed by atoms with Crippen molar-refractivity contribution in [2.24, 2.45) is 11.7 Å². The van der Waals surface area contributed by atoms with E-state index in [0.717, 1.165) is 25.5 Å². The number of ether oxygens (including phenoxy) is 2. The summed E-state index contributed by atoms with van der Waals surface area (Å²) in [5, 5.41) is 84.0. The first-order valence-corrected chi connectivity index (χ1v) is 39.4. The molecule has 3 aromatic carbocycles. The van der Waals surface area contributed by atoms with Crippen molar-refractivity contribution in [3.05, 3.63) is 100 Å². The van der Waals surface area contributed by atoms with Crippen LogP contribution in [-0.4, -0.2) is 259 Å². The number of hydrogen-bond acceptors (Lipinski definition) is 26. The van der Waals surface area contributed by atoms with E-state index in [9.17, 15) is 126 Å². The van der Waals surface area contributed by atoms with Gasteiger partial charge in [-0.1, -0.05) is 48.9 Å². The summed E-state index contributed by atoms with van der Waals surface area (Å²) in [4.78, 5) is 292. The number of aliphatic hydroxyl groups is 1. The van der Waals surface area contributed by atoms with Crippen LogP contribution in [0.5, 0.6) is 0 Å². The number of aromatic nitrogens is 1. The smallest absolute Gasteiger partial charge is 0.407 e. The lowest BCUT2D eigenvalue weighted by Gasteiger charge is -2.30. The molecule has 0 aliphatic carbocycles. The minimum Gasteiger partial charge on any atom is -0.481 e. The minimum atomic E-state index is -2.51. The fraction of sp³-hybridized carbons (Fsp3) is 0.442. The van der Waals surface area contributed by atoms with Gasteiger partial charge in [-0.2, -0.15) is 0 Å². The lowest BCUT2D eigenvalue weighted by atomic mass is 9.96. The molecule has 24 N–H and O–H groups in total. The molecule has 2 aromatic heterocycles. The van der Waals surface area contributed by atoms with Gasteiger partial charge < -0.3 is 126 Å². The largest absolute Gasteiger partial charge is 0.481 e. The molecule has 5 aromatic rings. The van der Waals surface area contributed by atoms with Gasteiger partial charge in [0.2, 0.25) is 82.7 Å². The number of benzene rings is 3. The average Bonchev–Trinajstić information content (AvgIpc) is 1.61. The van der Waals surface area contributed by atoms with Crippen LogP contribution in [0.1, 0.15) is 114 Å². The maximum absolute atomic E-state index is 15.0. The van der Waals surface area contributed by atoms with E-state index < -0.39 is 273 Å². The fourth-order valence-corrected chi connectivity index (χ4v) is 13.4. The number of carboxylic acids is 4. The third-order valence-electron chi connectivity index (χ3n) is 18.5. The van der Waals surface area contributed by atoms with E-state index in [1.54, 1.807) is 54.0 Å². The highest BCUT2D eigenvalue weighted by Crippen LogP contribution is 2.30. The second kappa shape index (κ2) is 46.2. The molecule has 13 atom stereocenters. The van der Waals surface area contributed by atoms with Crippen LogP contribution in [-0.2, 0) is 113 Å². The van der Waals surface area contributed by atoms with Crippen molar-refractivity contribution in [1.82, 2.24) is 79.4 Å². The number of halogens is 1. The molecule has 15 amide bonds. The number of carboxylic acid groups (broad SMARTS) is 4. The average molecular weight is 1780 g/mol. The number of carbonyl (C=O) groups is 21. The second-order valence-corrected chi connectivity index (χ2v) is 30.9. The number of cyclic esters (lactones) is 1. The van der Waals surface area contributed by atoms with Gasteiger partial charge in [0.15, 0.2) is 5.78 Å². The van der Waals surface area contributed by atoms with Crippen molar-refractivity contribution in [3.8, 4) is 0 Å². The van der Waals surface area contributed by atoms with Crippen LogP contribution < -0.4 is 85.9 Å². The zero-order chi connectivity index (χ0) is 92.1. The molecule has 45 nitrogen and oxygen atoms in total. The number of aliphatic hydroxyl groups excluding tert-OH is 1. The molecule has 6 rings (SSSR count). The number of primary amides is 1. The van der Waals surface area contributed by atoms with Gasteiger partial charge in [-0.25, -0.2) is 9.59 Å². The van der Waals surface area contributed by atoms with Crippen LogP contribution >= 0.6 is 22.9 Å². The van der Waals surface area contributed by atoms with E-state index in [4.69, 9.17) is 32.5 Å². The Labute approximate surface area is 713 Å². The minimum absolute atomic E-state index is 0.214. The second-order valence-electron chi connectivity index (χ2n) is 29.6. The van der Waals surface area contributed by atoms with Gasteiger partial charge in [0.25, 0.3) is 0 Å². The molecule has 0 saturated carbocycles. The number of aliphatic carboxylic acids is 4. The number of aromatic amines is 1. The van der Waals surface area contributed by atoms with E-state index in [0.29, 0.717) is 32.4 Å². The molecule has 1 fully saturated rings. The van der Waals surface area contributed by atoms with Crippen LogP contribution in [0.15, 0.2) is 78.3 Å². The topological polar surface area (TPSA) is 714 Å². The first kappa shape index (κ1) is 98.9. The number of amides is 15. The molecular formula is C77H96ClN17O28S. The third kappa shape index (κ3) is 31.3. The van der Waals surface area contributed by atoms with Crippen molar-refractivity contribution in [3.63, 3.8) is 0 Å². The molecule has 0 radical (unpaired) electrons. The highest BCUT2D eigenvalue weighted by atomic mass is 35.5. The molecule has 0 spiro atoms. The predicted molar refractivity (Wildman–Crippen MR) is 433 cm³/mol. The Balaban J connectivity index is 1.44. The number of ketones is 1. The standard InChI is InChI=1S/C77H96ClN17O28S/c1-34(20-59(102)103)63-74(119)93-51(24-53(97)41-13-7-9-14-43(41)79)75(120)122-36(3)64(95-71(116)50(28-62(108)109)92-70(115)47(25-55(80)98)90-69(114)46(21-37-29-82-44-15-10-8-12-40(37)44)87-56(99)22-38-33-124-54-18-17-39(78)23-42(38)54)73(118)84-31-57(100)86-45(16-11-19-81-76(121)123-77(4,5)6)67(112)91-49(27-61(106)107)68(113)85-35(2)65(110)89-48(26-60(104)105)66(111)83-30-58(101)88-52(32-96)72(117)94-63/h7-10,12-15,17-18,23,29,33-36,45-52,63-64,82,96H,11,16,19-22,24-28,30-32,79H2,1-6H3,(H2,80,98)(H,81,121)(H,83,111)(H,84,118)(H,85,113)(H,86,100)(H,87,99)(H,88,101)(H,89,110)(H,90,114)(H,91,112)(H,92,115)(H,93,119)(H,94,117)(H,95,116)(H,102,103)(H,104,105)(H,106,107)(H,108,109). The number of rotatable bonds is 30. The Morgan fingerprint density at radius 2 is 1.18 bits per heavy atom. The quantitative estimate of drug-likeness (QED) is 0.00899. The first-order valence-electron chi connectivity index (χ1n) is 38.2. The van der Waals surface area contributed by atoms with Crippen molar-refractivity contribution < 1.29 is 136 Å². The maximum atomic E-state index is 15.0. The van der Waals surface area contributed by atoms with Crippen molar-refractivity contribution in [1.29, 1.82) is 0 Å². The SMILES string of the molecule is CC1NC(=O)C(CC(=O)O)NC(=O)C(CCCNC(=O)OC(C)(C)C)NC(=O)CNC(=O)C(NC(=O)C(CC(=O)O)NC(=O)C(CC(N)=O)NC(=O)C(Cc2c[nH]c3ccccc23)NC(=O)Cc2csc3ccc(Cl)cc23)C(C)OC(=O)C(CC(=O)c2ccccc2N)NC(=O)C(C(C)CC(=O)O)NC(=O)C(CO)NC(=O)CNC(=O)C(CC(=O)O)NC1=O. The third-order valence-corrected chi connectivity index (χ3v) is 19.7. The van der Waals surface area contributed by atoms with Crippen molar-refractivity contribution >= 4 is 174 Å². The lowest BCUT2D eigenvalue weighted by molar-refractivity contribution is -0.156. The molecule has 1 aliphatic rings. The number of thiophene rings is 1. The van der Waals surface area contributed by atoms with Crippen LogP contribution in [0.2, 0.25) is 5.02 Å². The van der Waals surface area contributed by atoms with Gasteiger partial charge in [0, 0.05) is 57.5 Å². The Morgan fingerprint density at radius 3 is 1.80 bits per heavy atom. The van der Waals surface area contributed by atoms with Crippen LogP contribution in [0.4, 0.5) is 10.5 Å². The van der Waals surface area contributed by atoms with E-state index in [1.165, 1.54) is 56.4 Å². The van der Waals surface area contributed by atoms with E-state index in [1.807, 2.05) is 16.0 Å². The van der Waals surface area contributed by atoms with Gasteiger partial charge in [0.05, 0.1) is 58.2 Å². The van der Waals surface area contributed by atoms with Gasteiger partial charge >= 0.3 is 35.9 Å². The first-order chi connectivity index (χ1) is 58.3. The summed E-state index contributed by atoms with van der Waals surface area (Å²) >= 11 is 7.59. The molecular weight excluding hydrogens is 1680 g/mol. The number of carbonyl (C=O) groups excluding carboxylic acids is 17. The highest BCUT2D eigenvalue weighted by molar-refractivity contribution is 7.17. The summed E-state index contributed by atoms with van der Waals surface area (Å²) in [7, 11) is 0. The Hall–Kier alpha value is -13.9. The number of anilines is 1. The summed E-state index contributed by atoms with van der Waals surface area (Å²) in [5.41, 5.74) is 11.8. The monoisotopic (exact) mass is 1770 g/mol. The lowest BCUT2D eigenvalue weighted by Crippen LogP contribution is -2.62. The Bertz CT molecular complexity index is 4900. The number of esters is 1.